The van der Waals surface area contributed by atoms with Gasteiger partial charge in [-0.05, 0) is 6.07 Å². The topological polar surface area (TPSA) is 113 Å². The normalized spacial score (nSPS) is 9.89. The number of carboxylic acid groups (broad SMARTS) is 1. The minimum Gasteiger partial charge on any atom is -0.477 e. The molecule has 0 bridgehead atoms. The number of carbonyl (C=O) groups is 1. The summed E-state index contributed by atoms with van der Waals surface area (Å²) in [5.74, 6) is -2.51. The SMILES string of the molecule is N#Cc1c(OC(F)F)ccc([N+](=O)[O-])c1C(=O)O. The van der Waals surface area contributed by atoms with Gasteiger partial charge >= 0.3 is 12.6 Å². The van der Waals surface area contributed by atoms with Crippen LogP contribution in [0.2, 0.25) is 0 Å². The molecule has 0 unspecified atom stereocenters. The zero-order valence-corrected chi connectivity index (χ0v) is 8.46. The summed E-state index contributed by atoms with van der Waals surface area (Å²) in [6.07, 6.45) is 0. The number of halogens is 2. The van der Waals surface area contributed by atoms with Gasteiger partial charge < -0.3 is 9.84 Å². The van der Waals surface area contributed by atoms with E-state index in [2.05, 4.69) is 4.74 Å². The molecule has 9 heteroatoms. The number of nitriles is 1. The van der Waals surface area contributed by atoms with E-state index in [0.717, 1.165) is 6.07 Å². The fraction of sp³-hybridized carbons (Fsp3) is 0.111. The lowest BCUT2D eigenvalue weighted by molar-refractivity contribution is -0.385. The number of carboxylic acids is 1. The monoisotopic (exact) mass is 258 g/mol. The van der Waals surface area contributed by atoms with Crippen LogP contribution in [-0.4, -0.2) is 22.6 Å². The van der Waals surface area contributed by atoms with Crippen molar-refractivity contribution >= 4 is 11.7 Å². The van der Waals surface area contributed by atoms with Crippen molar-refractivity contribution in [2.45, 2.75) is 6.61 Å². The first-order valence-electron chi connectivity index (χ1n) is 4.28. The molecule has 0 aliphatic carbocycles. The Morgan fingerprint density at radius 1 is 1.56 bits per heavy atom. The van der Waals surface area contributed by atoms with Gasteiger partial charge in [-0.1, -0.05) is 0 Å². The van der Waals surface area contributed by atoms with Gasteiger partial charge in [0.05, 0.1) is 4.92 Å². The maximum Gasteiger partial charge on any atom is 0.387 e. The summed E-state index contributed by atoms with van der Waals surface area (Å²) in [6, 6.07) is 2.73. The highest BCUT2D eigenvalue weighted by Gasteiger charge is 2.28. The molecule has 1 N–H and O–H groups in total. The van der Waals surface area contributed by atoms with Crippen LogP contribution in [-0.2, 0) is 0 Å². The lowest BCUT2D eigenvalue weighted by Gasteiger charge is -2.08. The highest BCUT2D eigenvalue weighted by molar-refractivity contribution is 5.96. The van der Waals surface area contributed by atoms with Crippen molar-refractivity contribution in [2.24, 2.45) is 0 Å². The Kier molecular flexibility index (Phi) is 3.73. The highest BCUT2D eigenvalue weighted by atomic mass is 19.3. The minimum absolute atomic E-state index is 0.683. The quantitative estimate of drug-likeness (QED) is 0.650. The third-order valence-corrected chi connectivity index (χ3v) is 1.88. The number of hydrogen-bond acceptors (Lipinski definition) is 5. The zero-order valence-electron chi connectivity index (χ0n) is 8.46. The third kappa shape index (κ3) is 2.49. The number of nitro benzene ring substituents is 1. The molecule has 1 aromatic carbocycles. The van der Waals surface area contributed by atoms with Crippen LogP contribution in [0.5, 0.6) is 5.75 Å². The molecular weight excluding hydrogens is 254 g/mol. The van der Waals surface area contributed by atoms with E-state index in [4.69, 9.17) is 10.4 Å². The van der Waals surface area contributed by atoms with E-state index in [9.17, 15) is 23.7 Å². The average Bonchev–Trinajstić information content (AvgIpc) is 2.26. The van der Waals surface area contributed by atoms with Gasteiger partial charge in [0, 0.05) is 6.07 Å². The van der Waals surface area contributed by atoms with E-state index in [1.54, 1.807) is 0 Å². The smallest absolute Gasteiger partial charge is 0.387 e. The summed E-state index contributed by atoms with van der Waals surface area (Å²) in [4.78, 5) is 20.4. The van der Waals surface area contributed by atoms with E-state index >= 15 is 0 Å². The second-order valence-corrected chi connectivity index (χ2v) is 2.89. The van der Waals surface area contributed by atoms with Gasteiger partial charge in [0.15, 0.2) is 5.56 Å². The number of ether oxygens (including phenoxy) is 1. The lowest BCUT2D eigenvalue weighted by Crippen LogP contribution is -2.10. The van der Waals surface area contributed by atoms with E-state index in [-0.39, 0.29) is 0 Å². The van der Waals surface area contributed by atoms with Gasteiger partial charge in [0.25, 0.3) is 5.69 Å². The summed E-state index contributed by atoms with van der Waals surface area (Å²) in [6.45, 7) is -3.28. The first kappa shape index (κ1) is 13.3. The molecule has 0 atom stereocenters. The fourth-order valence-corrected chi connectivity index (χ4v) is 1.25. The summed E-state index contributed by atoms with van der Waals surface area (Å²) in [5, 5.41) is 28.1. The van der Waals surface area contributed by atoms with Crippen LogP contribution in [0, 0.1) is 21.4 Å². The Morgan fingerprint density at radius 3 is 2.56 bits per heavy atom. The van der Waals surface area contributed by atoms with Crippen molar-refractivity contribution in [2.75, 3.05) is 0 Å². The molecule has 0 aliphatic rings. The van der Waals surface area contributed by atoms with Gasteiger partial charge in [-0.2, -0.15) is 14.0 Å². The number of nitro groups is 1. The molecule has 0 spiro atoms. The number of alkyl halides is 2. The molecule has 0 heterocycles. The van der Waals surface area contributed by atoms with E-state index in [1.165, 1.54) is 6.07 Å². The molecule has 18 heavy (non-hydrogen) atoms. The van der Waals surface area contributed by atoms with E-state index in [0.29, 0.717) is 6.07 Å². The van der Waals surface area contributed by atoms with Crippen LogP contribution in [0.4, 0.5) is 14.5 Å². The van der Waals surface area contributed by atoms with Crippen LogP contribution in [0.1, 0.15) is 15.9 Å². The highest BCUT2D eigenvalue weighted by Crippen LogP contribution is 2.30. The van der Waals surface area contributed by atoms with Gasteiger partial charge in [-0.15, -0.1) is 0 Å². The molecule has 0 radical (unpaired) electrons. The maximum absolute atomic E-state index is 12.0. The van der Waals surface area contributed by atoms with E-state index in [1.807, 2.05) is 0 Å². The van der Waals surface area contributed by atoms with Crippen molar-refractivity contribution in [3.8, 4) is 11.8 Å². The molecule has 0 aliphatic heterocycles. The van der Waals surface area contributed by atoms with Crippen molar-refractivity contribution < 1.29 is 28.3 Å². The summed E-state index contributed by atoms with van der Waals surface area (Å²) in [7, 11) is 0. The first-order chi connectivity index (χ1) is 8.38. The molecular formula is C9H4F2N2O5. The zero-order chi connectivity index (χ0) is 13.9. The molecule has 0 aromatic heterocycles. The summed E-state index contributed by atoms with van der Waals surface area (Å²) in [5.41, 5.74) is -2.68. The van der Waals surface area contributed by atoms with E-state index < -0.39 is 40.1 Å². The van der Waals surface area contributed by atoms with Gasteiger partial charge in [0.1, 0.15) is 17.4 Å². The molecule has 0 amide bonds. The first-order valence-corrected chi connectivity index (χ1v) is 4.28. The summed E-state index contributed by atoms with van der Waals surface area (Å²) >= 11 is 0. The van der Waals surface area contributed by atoms with Gasteiger partial charge in [0.2, 0.25) is 0 Å². The Labute approximate surface area is 98.0 Å². The van der Waals surface area contributed by atoms with Crippen molar-refractivity contribution in [1.82, 2.24) is 0 Å². The molecule has 1 aromatic rings. The average molecular weight is 258 g/mol. The van der Waals surface area contributed by atoms with Crippen LogP contribution in [0.15, 0.2) is 12.1 Å². The van der Waals surface area contributed by atoms with Crippen molar-refractivity contribution in [3.63, 3.8) is 0 Å². The predicted octanol–water partition coefficient (Wildman–Crippen LogP) is 1.77. The lowest BCUT2D eigenvalue weighted by atomic mass is 10.1. The minimum atomic E-state index is -3.28. The molecule has 1 rings (SSSR count). The predicted molar refractivity (Wildman–Crippen MR) is 51.4 cm³/mol. The van der Waals surface area contributed by atoms with Crippen molar-refractivity contribution in [1.29, 1.82) is 5.26 Å². The second-order valence-electron chi connectivity index (χ2n) is 2.89. The molecule has 94 valence electrons. The Morgan fingerprint density at radius 2 is 2.17 bits per heavy atom. The van der Waals surface area contributed by atoms with Gasteiger partial charge in [-0.25, -0.2) is 4.79 Å². The molecule has 7 nitrogen and oxygen atoms in total. The van der Waals surface area contributed by atoms with Gasteiger partial charge in [-0.3, -0.25) is 10.1 Å². The van der Waals surface area contributed by atoms with Crippen LogP contribution < -0.4 is 4.74 Å². The molecule has 0 saturated carbocycles. The Bertz CT molecular complexity index is 553. The number of benzene rings is 1. The van der Waals surface area contributed by atoms with Crippen LogP contribution in [0.25, 0.3) is 0 Å². The maximum atomic E-state index is 12.0. The fourth-order valence-electron chi connectivity index (χ4n) is 1.25. The standard InChI is InChI=1S/C9H4F2N2O5/c10-9(11)18-6-2-1-5(13(16)17)7(8(14)15)4(6)3-12/h1-2,9H,(H,14,15). The molecule has 0 saturated heterocycles. The number of nitrogens with zero attached hydrogens (tertiary/aromatic N) is 2. The Hall–Kier alpha value is -2.76. The van der Waals surface area contributed by atoms with Crippen LogP contribution >= 0.6 is 0 Å². The summed E-state index contributed by atoms with van der Waals surface area (Å²) < 4.78 is 28.0. The van der Waals surface area contributed by atoms with Crippen LogP contribution in [0.3, 0.4) is 0 Å². The number of aromatic carboxylic acids is 1. The van der Waals surface area contributed by atoms with Crippen molar-refractivity contribution in [3.05, 3.63) is 33.4 Å². The third-order valence-electron chi connectivity index (χ3n) is 1.88. The Balaban J connectivity index is 3.54. The molecule has 0 fully saturated rings. The second kappa shape index (κ2) is 5.05. The number of hydrogen-bond donors (Lipinski definition) is 1. The number of rotatable bonds is 4. The largest absolute Gasteiger partial charge is 0.477 e.